The van der Waals surface area contributed by atoms with Crippen LogP contribution in [0.4, 0.5) is 0 Å². The van der Waals surface area contributed by atoms with E-state index in [1.165, 1.54) is 13.2 Å². The normalized spacial score (nSPS) is 12.1. The molecule has 0 heterocycles. The molecule has 0 aromatic heterocycles. The molecular weight excluding hydrogens is 184 g/mol. The predicted octanol–water partition coefficient (Wildman–Crippen LogP) is 0.503. The maximum Gasteiger partial charge on any atom is 0.160 e. The Labute approximate surface area is 81.8 Å². The number of hydrogen-bond acceptors (Lipinski definition) is 4. The van der Waals surface area contributed by atoms with E-state index in [9.17, 15) is 9.90 Å². The van der Waals surface area contributed by atoms with Crippen LogP contribution < -0.4 is 4.74 Å². The monoisotopic (exact) mass is 196 g/mol. The van der Waals surface area contributed by atoms with Gasteiger partial charge < -0.3 is 19.7 Å². The summed E-state index contributed by atoms with van der Waals surface area (Å²) in [4.78, 5) is 10.2. The molecule has 0 aliphatic heterocycles. The number of phenolic OH excluding ortho intramolecular Hbond substituents is 1. The van der Waals surface area contributed by atoms with Gasteiger partial charge in [-0.3, -0.25) is 0 Å². The number of aromatic hydroxyl groups is 1. The van der Waals surface area contributed by atoms with Gasteiger partial charge in [0.25, 0.3) is 0 Å². The molecule has 1 atom stereocenters. The summed E-state index contributed by atoms with van der Waals surface area (Å²) in [6.07, 6.45) is -0.316. The van der Waals surface area contributed by atoms with Crippen molar-refractivity contribution in [2.75, 3.05) is 7.11 Å². The number of aldehydes is 1. The van der Waals surface area contributed by atoms with Crippen molar-refractivity contribution in [3.05, 3.63) is 23.8 Å². The molecule has 4 nitrogen and oxygen atoms in total. The lowest BCUT2D eigenvalue weighted by Gasteiger charge is -2.07. The van der Waals surface area contributed by atoms with Crippen molar-refractivity contribution in [3.8, 4) is 11.5 Å². The Kier molecular flexibility index (Phi) is 3.48. The lowest BCUT2D eigenvalue weighted by molar-refractivity contribution is -0.114. The maximum atomic E-state index is 10.2. The van der Waals surface area contributed by atoms with Gasteiger partial charge in [0.1, 0.15) is 12.4 Å². The minimum absolute atomic E-state index is 0.0387. The van der Waals surface area contributed by atoms with Crippen molar-refractivity contribution >= 4 is 6.29 Å². The van der Waals surface area contributed by atoms with Crippen LogP contribution in [0.5, 0.6) is 11.5 Å². The highest BCUT2D eigenvalue weighted by atomic mass is 16.5. The molecule has 1 aromatic carbocycles. The third-order valence-corrected chi connectivity index (χ3v) is 1.85. The van der Waals surface area contributed by atoms with Crippen molar-refractivity contribution in [3.63, 3.8) is 0 Å². The van der Waals surface area contributed by atoms with Crippen LogP contribution in [0.15, 0.2) is 18.2 Å². The molecule has 0 radical (unpaired) electrons. The number of ether oxygens (including phenoxy) is 1. The largest absolute Gasteiger partial charge is 0.504 e. The van der Waals surface area contributed by atoms with Crippen molar-refractivity contribution in [1.29, 1.82) is 0 Å². The average molecular weight is 196 g/mol. The summed E-state index contributed by atoms with van der Waals surface area (Å²) < 4.78 is 4.88. The molecule has 0 bridgehead atoms. The highest BCUT2D eigenvalue weighted by Crippen LogP contribution is 2.26. The van der Waals surface area contributed by atoms with Gasteiger partial charge in [-0.25, -0.2) is 0 Å². The molecule has 2 N–H and O–H groups in total. The molecule has 76 valence electrons. The molecule has 0 saturated carbocycles. The van der Waals surface area contributed by atoms with Crippen LogP contribution in [-0.4, -0.2) is 29.7 Å². The van der Waals surface area contributed by atoms with Crippen molar-refractivity contribution in [1.82, 2.24) is 0 Å². The van der Waals surface area contributed by atoms with Gasteiger partial charge in [0.05, 0.1) is 7.11 Å². The van der Waals surface area contributed by atoms with Crippen LogP contribution in [-0.2, 0) is 11.2 Å². The Bertz CT molecular complexity index is 322. The second kappa shape index (κ2) is 4.62. The van der Waals surface area contributed by atoms with Crippen LogP contribution in [0, 0.1) is 0 Å². The van der Waals surface area contributed by atoms with Crippen molar-refractivity contribution in [2.45, 2.75) is 12.5 Å². The summed E-state index contributed by atoms with van der Waals surface area (Å²) in [6, 6.07) is 4.68. The number of aliphatic hydroxyl groups is 1. The second-order valence-corrected chi connectivity index (χ2v) is 2.91. The molecule has 0 spiro atoms. The zero-order valence-electron chi connectivity index (χ0n) is 7.80. The fourth-order valence-corrected chi connectivity index (χ4v) is 1.14. The molecule has 0 aliphatic carbocycles. The summed E-state index contributed by atoms with van der Waals surface area (Å²) in [7, 11) is 1.44. The Morgan fingerprint density at radius 1 is 1.57 bits per heavy atom. The van der Waals surface area contributed by atoms with Crippen LogP contribution in [0.3, 0.4) is 0 Å². The minimum atomic E-state index is -1.01. The molecule has 4 heteroatoms. The lowest BCUT2D eigenvalue weighted by atomic mass is 10.1. The number of methoxy groups -OCH3 is 1. The quantitative estimate of drug-likeness (QED) is 0.688. The van der Waals surface area contributed by atoms with Gasteiger partial charge in [0, 0.05) is 6.42 Å². The summed E-state index contributed by atoms with van der Waals surface area (Å²) in [6.45, 7) is 0. The molecule has 1 unspecified atom stereocenters. The van der Waals surface area contributed by atoms with E-state index in [2.05, 4.69) is 0 Å². The number of phenols is 1. The van der Waals surface area contributed by atoms with Crippen LogP contribution in [0.1, 0.15) is 5.56 Å². The highest BCUT2D eigenvalue weighted by Gasteiger charge is 2.06. The molecule has 0 fully saturated rings. The first-order valence-electron chi connectivity index (χ1n) is 4.16. The molecule has 1 aromatic rings. The fraction of sp³-hybridized carbons (Fsp3) is 0.300. The van der Waals surface area contributed by atoms with Gasteiger partial charge in [-0.15, -0.1) is 0 Å². The van der Waals surface area contributed by atoms with E-state index in [0.717, 1.165) is 5.56 Å². The first kappa shape index (κ1) is 10.5. The van der Waals surface area contributed by atoms with Gasteiger partial charge in [0.15, 0.2) is 11.5 Å². The summed E-state index contributed by atoms with van der Waals surface area (Å²) >= 11 is 0. The van der Waals surface area contributed by atoms with Gasteiger partial charge in [-0.1, -0.05) is 6.07 Å². The molecule has 1 rings (SSSR count). The van der Waals surface area contributed by atoms with Crippen molar-refractivity contribution < 1.29 is 19.7 Å². The Hall–Kier alpha value is -1.55. The van der Waals surface area contributed by atoms with Gasteiger partial charge in [-0.05, 0) is 17.7 Å². The third-order valence-electron chi connectivity index (χ3n) is 1.85. The Morgan fingerprint density at radius 3 is 2.86 bits per heavy atom. The highest BCUT2D eigenvalue weighted by molar-refractivity contribution is 5.56. The minimum Gasteiger partial charge on any atom is -0.504 e. The van der Waals surface area contributed by atoms with E-state index in [4.69, 9.17) is 9.84 Å². The van der Waals surface area contributed by atoms with Gasteiger partial charge >= 0.3 is 0 Å². The SMILES string of the molecule is COc1cc(CC(O)C=O)ccc1O. The predicted molar refractivity (Wildman–Crippen MR) is 50.4 cm³/mol. The molecule has 14 heavy (non-hydrogen) atoms. The lowest BCUT2D eigenvalue weighted by Crippen LogP contribution is -2.11. The molecular formula is C10H12O4. The van der Waals surface area contributed by atoms with Crippen LogP contribution >= 0.6 is 0 Å². The summed E-state index contributed by atoms with van der Waals surface area (Å²) in [5.41, 5.74) is 0.735. The standard InChI is InChI=1S/C10H12O4/c1-14-10-5-7(2-3-9(10)13)4-8(12)6-11/h2-3,5-6,8,12-13H,4H2,1H3. The van der Waals surface area contributed by atoms with E-state index in [1.54, 1.807) is 12.1 Å². The van der Waals surface area contributed by atoms with Crippen molar-refractivity contribution in [2.24, 2.45) is 0 Å². The van der Waals surface area contributed by atoms with E-state index < -0.39 is 6.10 Å². The zero-order chi connectivity index (χ0) is 10.6. The summed E-state index contributed by atoms with van der Waals surface area (Å²) in [5, 5.41) is 18.3. The van der Waals surface area contributed by atoms with Gasteiger partial charge in [-0.2, -0.15) is 0 Å². The van der Waals surface area contributed by atoms with Crippen LogP contribution in [0.2, 0.25) is 0 Å². The Balaban J connectivity index is 2.84. The second-order valence-electron chi connectivity index (χ2n) is 2.91. The molecule has 0 aliphatic rings. The van der Waals surface area contributed by atoms with E-state index >= 15 is 0 Å². The van der Waals surface area contributed by atoms with Gasteiger partial charge in [0.2, 0.25) is 0 Å². The first-order chi connectivity index (χ1) is 6.67. The maximum absolute atomic E-state index is 10.2. The fourth-order valence-electron chi connectivity index (χ4n) is 1.14. The number of hydrogen-bond donors (Lipinski definition) is 2. The number of carbonyl (C=O) groups is 1. The number of aliphatic hydroxyl groups excluding tert-OH is 1. The average Bonchev–Trinajstić information content (AvgIpc) is 2.20. The third kappa shape index (κ3) is 2.47. The number of carbonyl (C=O) groups excluding carboxylic acids is 1. The molecule has 0 amide bonds. The van der Waals surface area contributed by atoms with Crippen LogP contribution in [0.25, 0.3) is 0 Å². The van der Waals surface area contributed by atoms with E-state index in [1.807, 2.05) is 0 Å². The smallest absolute Gasteiger partial charge is 0.160 e. The first-order valence-corrected chi connectivity index (χ1v) is 4.16. The molecule has 0 saturated heterocycles. The number of rotatable bonds is 4. The topological polar surface area (TPSA) is 66.8 Å². The summed E-state index contributed by atoms with van der Waals surface area (Å²) in [5.74, 6) is 0.373. The van der Waals surface area contributed by atoms with E-state index in [0.29, 0.717) is 12.0 Å². The van der Waals surface area contributed by atoms with E-state index in [-0.39, 0.29) is 12.2 Å². The number of benzene rings is 1. The zero-order valence-corrected chi connectivity index (χ0v) is 7.80. The Morgan fingerprint density at radius 2 is 2.29 bits per heavy atom.